The van der Waals surface area contributed by atoms with Gasteiger partial charge in [-0.2, -0.15) is 13.2 Å². The average molecular weight is 377 g/mol. The zero-order valence-electron chi connectivity index (χ0n) is 14.4. The van der Waals surface area contributed by atoms with Crippen LogP contribution in [0.5, 0.6) is 0 Å². The Kier molecular flexibility index (Phi) is 4.52. The van der Waals surface area contributed by atoms with E-state index in [1.807, 2.05) is 42.3 Å². The van der Waals surface area contributed by atoms with Gasteiger partial charge >= 0.3 is 6.18 Å². The number of likely N-dealkylation sites (N-methyl/N-ethyl adjacent to an activating group) is 1. The van der Waals surface area contributed by atoms with Crippen LogP contribution in [0.1, 0.15) is 12.5 Å². The molecular weight excluding hydrogens is 359 g/mol. The van der Waals surface area contributed by atoms with E-state index in [0.29, 0.717) is 17.9 Å². The molecule has 0 unspecified atom stereocenters. The summed E-state index contributed by atoms with van der Waals surface area (Å²) in [6.07, 6.45) is -2.45. The van der Waals surface area contributed by atoms with Crippen molar-refractivity contribution in [3.8, 4) is 0 Å². The molecule has 142 valence electrons. The first-order valence-corrected chi connectivity index (χ1v) is 8.15. The van der Waals surface area contributed by atoms with E-state index in [1.165, 1.54) is 17.1 Å². The van der Waals surface area contributed by atoms with E-state index in [-0.39, 0.29) is 11.4 Å². The predicted octanol–water partition coefficient (Wildman–Crippen LogP) is 1.81. The van der Waals surface area contributed by atoms with Gasteiger partial charge in [0.05, 0.1) is 16.9 Å². The highest BCUT2D eigenvalue weighted by Gasteiger charge is 2.34. The Morgan fingerprint density at radius 1 is 1.04 bits per heavy atom. The third-order valence-electron chi connectivity index (χ3n) is 4.49. The number of hydrogen-bond acceptors (Lipinski definition) is 4. The number of halogens is 3. The summed E-state index contributed by atoms with van der Waals surface area (Å²) in [6.45, 7) is 2.60. The van der Waals surface area contributed by atoms with Crippen molar-refractivity contribution in [3.63, 3.8) is 0 Å². The van der Waals surface area contributed by atoms with Crippen LogP contribution in [-0.4, -0.2) is 22.0 Å². The second-order valence-electron chi connectivity index (χ2n) is 6.04. The Morgan fingerprint density at radius 2 is 1.70 bits per heavy atom. The molecule has 4 N–H and O–H groups in total. The molecule has 0 aliphatic carbocycles. The summed E-state index contributed by atoms with van der Waals surface area (Å²) in [6, 6.07) is 12.4. The summed E-state index contributed by atoms with van der Waals surface area (Å²) in [4.78, 5) is 1.91. The molecule has 0 spiro atoms. The number of rotatable bonds is 2. The molecule has 0 aromatic heterocycles. The van der Waals surface area contributed by atoms with Crippen molar-refractivity contribution in [1.82, 2.24) is 10.3 Å². The van der Waals surface area contributed by atoms with E-state index in [0.717, 1.165) is 28.3 Å². The van der Waals surface area contributed by atoms with E-state index < -0.39 is 11.7 Å². The smallest absolute Gasteiger partial charge is 0.416 e. The highest BCUT2D eigenvalue weighted by Crippen LogP contribution is 2.34. The number of aliphatic hydroxyl groups excluding tert-OH is 1. The molecular formula is C19H18F3N3O2. The van der Waals surface area contributed by atoms with Crippen molar-refractivity contribution in [3.05, 3.63) is 76.1 Å². The van der Waals surface area contributed by atoms with Gasteiger partial charge in [0.2, 0.25) is 5.88 Å². The Hall–Kier alpha value is -3.13. The summed E-state index contributed by atoms with van der Waals surface area (Å²) in [5.41, 5.74) is 4.13. The molecule has 2 aromatic carbocycles. The van der Waals surface area contributed by atoms with Gasteiger partial charge in [-0.1, -0.05) is 24.3 Å². The van der Waals surface area contributed by atoms with Crippen molar-refractivity contribution >= 4 is 17.6 Å². The minimum atomic E-state index is -4.40. The van der Waals surface area contributed by atoms with Crippen molar-refractivity contribution in [2.24, 2.45) is 0 Å². The Morgan fingerprint density at radius 3 is 2.33 bits per heavy atom. The third-order valence-corrected chi connectivity index (χ3v) is 4.49. The number of nitrogens with one attached hydrogen (secondary N) is 1. The van der Waals surface area contributed by atoms with Crippen LogP contribution in [0.3, 0.4) is 0 Å². The van der Waals surface area contributed by atoms with Crippen molar-refractivity contribution in [1.29, 1.82) is 0 Å². The number of anilines is 1. The maximum absolute atomic E-state index is 12.8. The third kappa shape index (κ3) is 2.97. The second kappa shape index (κ2) is 6.55. The van der Waals surface area contributed by atoms with Gasteiger partial charge < -0.3 is 15.5 Å². The number of alkyl halides is 3. The van der Waals surface area contributed by atoms with Crippen LogP contribution in [0.15, 0.2) is 60.1 Å². The van der Waals surface area contributed by atoms with Crippen LogP contribution < -0.4 is 20.9 Å². The Bertz CT molecular complexity index is 1010. The summed E-state index contributed by atoms with van der Waals surface area (Å²) in [5.74, 6) is -0.0487. The lowest BCUT2D eigenvalue weighted by molar-refractivity contribution is -0.137. The molecule has 0 amide bonds. The molecule has 2 aliphatic rings. The van der Waals surface area contributed by atoms with E-state index in [9.17, 15) is 18.3 Å². The molecule has 2 heterocycles. The molecule has 2 aliphatic heterocycles. The minimum Gasteiger partial charge on any atom is -0.492 e. The largest absolute Gasteiger partial charge is 0.492 e. The number of nitrogens with zero attached hydrogens (tertiary/aromatic N) is 2. The molecule has 0 bridgehead atoms. The topological polar surface area (TPSA) is 70.2 Å². The number of fused-ring (bicyclic) bond motifs is 2. The van der Waals surface area contributed by atoms with Crippen LogP contribution in [0.4, 0.5) is 18.9 Å². The molecule has 0 fully saturated rings. The van der Waals surface area contributed by atoms with Crippen molar-refractivity contribution in [2.45, 2.75) is 13.1 Å². The number of hydrogen-bond donors (Lipinski definition) is 2. The summed E-state index contributed by atoms with van der Waals surface area (Å²) >= 11 is 0. The summed E-state index contributed by atoms with van der Waals surface area (Å²) in [7, 11) is 0. The lowest BCUT2D eigenvalue weighted by atomic mass is 10.1. The molecule has 0 atom stereocenters. The maximum atomic E-state index is 12.8. The average Bonchev–Trinajstić information content (AvgIpc) is 2.98. The molecule has 0 saturated carbocycles. The first kappa shape index (κ1) is 18.7. The molecule has 8 heteroatoms. The van der Waals surface area contributed by atoms with Gasteiger partial charge in [0, 0.05) is 23.2 Å². The van der Waals surface area contributed by atoms with E-state index in [4.69, 9.17) is 0 Å². The SMILES string of the molecule is CCN1C=c2ccccc2=C2NN(c3ccc(C(F)(F)F)cc3)C(O)=C21.O. The number of aliphatic hydroxyl groups is 1. The van der Waals surface area contributed by atoms with Gasteiger partial charge in [-0.05, 0) is 31.2 Å². The highest BCUT2D eigenvalue weighted by atomic mass is 19.4. The molecule has 5 nitrogen and oxygen atoms in total. The number of hydrazine groups is 1. The van der Waals surface area contributed by atoms with Crippen LogP contribution in [0.25, 0.3) is 11.9 Å². The normalized spacial score (nSPS) is 15.6. The van der Waals surface area contributed by atoms with Crippen LogP contribution in [0, 0.1) is 0 Å². The molecule has 27 heavy (non-hydrogen) atoms. The zero-order valence-corrected chi connectivity index (χ0v) is 14.4. The minimum absolute atomic E-state index is 0. The van der Waals surface area contributed by atoms with E-state index >= 15 is 0 Å². The van der Waals surface area contributed by atoms with Gasteiger partial charge in [0.15, 0.2) is 0 Å². The van der Waals surface area contributed by atoms with Crippen LogP contribution in [0.2, 0.25) is 0 Å². The first-order chi connectivity index (χ1) is 12.4. The van der Waals surface area contributed by atoms with Crippen LogP contribution >= 0.6 is 0 Å². The second-order valence-corrected chi connectivity index (χ2v) is 6.04. The summed E-state index contributed by atoms with van der Waals surface area (Å²) < 4.78 is 38.3. The van der Waals surface area contributed by atoms with Crippen molar-refractivity contribution in [2.75, 3.05) is 11.6 Å². The van der Waals surface area contributed by atoms with E-state index in [1.54, 1.807) is 0 Å². The van der Waals surface area contributed by atoms with Gasteiger partial charge in [0.25, 0.3) is 0 Å². The fraction of sp³-hybridized carbons (Fsp3) is 0.158. The highest BCUT2D eigenvalue weighted by molar-refractivity contribution is 5.75. The molecule has 0 radical (unpaired) electrons. The van der Waals surface area contributed by atoms with Gasteiger partial charge in [0.1, 0.15) is 5.70 Å². The predicted molar refractivity (Wildman–Crippen MR) is 96.3 cm³/mol. The van der Waals surface area contributed by atoms with Gasteiger partial charge in [-0.25, -0.2) is 5.01 Å². The molecule has 2 aromatic rings. The monoisotopic (exact) mass is 377 g/mol. The fourth-order valence-corrected chi connectivity index (χ4v) is 3.20. The quantitative estimate of drug-likeness (QED) is 0.838. The Labute approximate surface area is 153 Å². The van der Waals surface area contributed by atoms with Crippen molar-refractivity contribution < 1.29 is 23.8 Å². The van der Waals surface area contributed by atoms with Gasteiger partial charge in [-0.3, -0.25) is 5.43 Å². The summed E-state index contributed by atoms with van der Waals surface area (Å²) in [5, 5.41) is 14.1. The molecule has 0 saturated heterocycles. The molecule has 4 rings (SSSR count). The van der Waals surface area contributed by atoms with Crippen LogP contribution in [-0.2, 0) is 6.18 Å². The zero-order chi connectivity index (χ0) is 18.5. The van der Waals surface area contributed by atoms with E-state index in [2.05, 4.69) is 5.43 Å². The standard InChI is InChI=1S/C19H16F3N3O.H2O/c1-2-24-11-12-5-3-4-6-15(12)16-17(24)18(26)25(23-16)14-9-7-13(8-10-14)19(20,21)22;/h3-11,23,26H,2H2,1H3;1H2. The van der Waals surface area contributed by atoms with Gasteiger partial charge in [-0.15, -0.1) is 0 Å². The fourth-order valence-electron chi connectivity index (χ4n) is 3.20. The Balaban J connectivity index is 0.00000210. The maximum Gasteiger partial charge on any atom is 0.416 e. The lowest BCUT2D eigenvalue weighted by Gasteiger charge is -2.23. The number of benzene rings is 2. The lowest BCUT2D eigenvalue weighted by Crippen LogP contribution is -2.40. The first-order valence-electron chi connectivity index (χ1n) is 8.15.